The molecule has 0 amide bonds. The number of rotatable bonds is 3. The fourth-order valence-corrected chi connectivity index (χ4v) is 3.90. The van der Waals surface area contributed by atoms with Gasteiger partial charge in [0.25, 0.3) is 0 Å². The zero-order chi connectivity index (χ0) is 15.8. The van der Waals surface area contributed by atoms with Crippen LogP contribution < -0.4 is 0 Å². The van der Waals surface area contributed by atoms with Crippen molar-refractivity contribution in [2.45, 2.75) is 19.3 Å². The standard InChI is InChI=1S/C19H15ClFNS/c20-19-14(5-2-6-16(19)21)15(13-3-1-4-13)9-12-7-8-18-17(10-12)22-11-23-18/h2,5-11,13H,1,3-4H2/b15-9+. The highest BCUT2D eigenvalue weighted by atomic mass is 35.5. The topological polar surface area (TPSA) is 12.9 Å². The summed E-state index contributed by atoms with van der Waals surface area (Å²) in [5.74, 6) is 0.102. The molecule has 1 saturated carbocycles. The Morgan fingerprint density at radius 1 is 1.26 bits per heavy atom. The molecule has 0 aliphatic heterocycles. The second-order valence-electron chi connectivity index (χ2n) is 5.91. The predicted molar refractivity (Wildman–Crippen MR) is 96.2 cm³/mol. The van der Waals surface area contributed by atoms with Crippen LogP contribution in [-0.2, 0) is 0 Å². The Kier molecular flexibility index (Phi) is 3.92. The fraction of sp³-hybridized carbons (Fsp3) is 0.211. The zero-order valence-electron chi connectivity index (χ0n) is 12.4. The molecule has 1 fully saturated rings. The number of thiazole rings is 1. The number of nitrogens with zero attached hydrogens (tertiary/aromatic N) is 1. The summed E-state index contributed by atoms with van der Waals surface area (Å²) in [5.41, 5.74) is 5.90. The molecule has 1 aromatic heterocycles. The Labute approximate surface area is 143 Å². The van der Waals surface area contributed by atoms with Crippen LogP contribution in [0.4, 0.5) is 4.39 Å². The van der Waals surface area contributed by atoms with Gasteiger partial charge < -0.3 is 0 Å². The molecule has 0 radical (unpaired) electrons. The van der Waals surface area contributed by atoms with Crippen LogP contribution in [0.5, 0.6) is 0 Å². The molecule has 2 aromatic carbocycles. The molecule has 0 unspecified atom stereocenters. The highest BCUT2D eigenvalue weighted by Gasteiger charge is 2.25. The second-order valence-corrected chi connectivity index (χ2v) is 7.17. The summed E-state index contributed by atoms with van der Waals surface area (Å²) in [5, 5.41) is 0.223. The first-order valence-corrected chi connectivity index (χ1v) is 8.97. The van der Waals surface area contributed by atoms with Crippen molar-refractivity contribution in [3.05, 3.63) is 63.9 Å². The Hall–Kier alpha value is -1.71. The third-order valence-corrected chi connectivity index (χ3v) is 5.68. The maximum Gasteiger partial charge on any atom is 0.142 e. The maximum absolute atomic E-state index is 13.9. The Balaban J connectivity index is 1.82. The van der Waals surface area contributed by atoms with E-state index in [2.05, 4.69) is 29.3 Å². The van der Waals surface area contributed by atoms with E-state index in [1.807, 2.05) is 11.6 Å². The van der Waals surface area contributed by atoms with Gasteiger partial charge in [-0.1, -0.05) is 42.3 Å². The van der Waals surface area contributed by atoms with Gasteiger partial charge in [0.15, 0.2) is 0 Å². The monoisotopic (exact) mass is 343 g/mol. The van der Waals surface area contributed by atoms with Crippen LogP contribution in [0.1, 0.15) is 30.4 Å². The van der Waals surface area contributed by atoms with Crippen LogP contribution in [0.3, 0.4) is 0 Å². The molecule has 1 heterocycles. The SMILES string of the molecule is Fc1cccc(/C(=C/c2ccc3scnc3c2)C2CCC2)c1Cl. The van der Waals surface area contributed by atoms with Crippen LogP contribution in [0.25, 0.3) is 21.9 Å². The van der Waals surface area contributed by atoms with E-state index >= 15 is 0 Å². The summed E-state index contributed by atoms with van der Waals surface area (Å²) < 4.78 is 15.0. The number of benzene rings is 2. The zero-order valence-corrected chi connectivity index (χ0v) is 14.0. The summed E-state index contributed by atoms with van der Waals surface area (Å²) in [4.78, 5) is 4.37. The lowest BCUT2D eigenvalue weighted by molar-refractivity contribution is 0.401. The third-order valence-electron chi connectivity index (χ3n) is 4.48. The van der Waals surface area contributed by atoms with Crippen LogP contribution in [0.2, 0.25) is 5.02 Å². The van der Waals surface area contributed by atoms with E-state index in [1.165, 1.54) is 17.2 Å². The molecule has 4 rings (SSSR count). The van der Waals surface area contributed by atoms with Crippen molar-refractivity contribution in [1.29, 1.82) is 0 Å². The number of allylic oxidation sites excluding steroid dienone is 1. The minimum atomic E-state index is -0.357. The summed E-state index contributed by atoms with van der Waals surface area (Å²) >= 11 is 7.87. The molecule has 116 valence electrons. The van der Waals surface area contributed by atoms with Crippen molar-refractivity contribution in [1.82, 2.24) is 4.98 Å². The van der Waals surface area contributed by atoms with Gasteiger partial charge in [-0.3, -0.25) is 0 Å². The van der Waals surface area contributed by atoms with Crippen molar-refractivity contribution in [2.75, 3.05) is 0 Å². The van der Waals surface area contributed by atoms with E-state index < -0.39 is 0 Å². The molecule has 4 heteroatoms. The van der Waals surface area contributed by atoms with Gasteiger partial charge in [0.2, 0.25) is 0 Å². The minimum absolute atomic E-state index is 0.223. The van der Waals surface area contributed by atoms with Gasteiger partial charge in [-0.15, -0.1) is 11.3 Å². The van der Waals surface area contributed by atoms with Gasteiger partial charge in [-0.2, -0.15) is 0 Å². The highest BCUT2D eigenvalue weighted by Crippen LogP contribution is 2.42. The molecular weight excluding hydrogens is 329 g/mol. The van der Waals surface area contributed by atoms with Crippen molar-refractivity contribution in [2.24, 2.45) is 5.92 Å². The highest BCUT2D eigenvalue weighted by molar-refractivity contribution is 7.16. The minimum Gasteiger partial charge on any atom is -0.245 e. The molecule has 0 N–H and O–H groups in total. The average Bonchev–Trinajstić information content (AvgIpc) is 2.95. The van der Waals surface area contributed by atoms with E-state index in [0.717, 1.165) is 35.1 Å². The first kappa shape index (κ1) is 14.9. The van der Waals surface area contributed by atoms with E-state index in [1.54, 1.807) is 17.4 Å². The number of hydrogen-bond acceptors (Lipinski definition) is 2. The molecule has 0 saturated heterocycles. The number of aromatic nitrogens is 1. The number of fused-ring (bicyclic) bond motifs is 1. The molecule has 1 aliphatic carbocycles. The predicted octanol–water partition coefficient (Wildman–Crippen LogP) is 6.43. The van der Waals surface area contributed by atoms with Crippen molar-refractivity contribution >= 4 is 44.8 Å². The van der Waals surface area contributed by atoms with Crippen LogP contribution in [0.15, 0.2) is 41.9 Å². The van der Waals surface area contributed by atoms with Gasteiger partial charge >= 0.3 is 0 Å². The van der Waals surface area contributed by atoms with Crippen molar-refractivity contribution < 1.29 is 4.39 Å². The maximum atomic E-state index is 13.9. The van der Waals surface area contributed by atoms with E-state index in [9.17, 15) is 4.39 Å². The van der Waals surface area contributed by atoms with Crippen LogP contribution in [0, 0.1) is 11.7 Å². The lowest BCUT2D eigenvalue weighted by Crippen LogP contribution is -2.13. The summed E-state index contributed by atoms with van der Waals surface area (Å²) in [6.45, 7) is 0. The summed E-state index contributed by atoms with van der Waals surface area (Å²) in [6, 6.07) is 11.3. The van der Waals surface area contributed by atoms with Gasteiger partial charge in [0.1, 0.15) is 5.82 Å². The van der Waals surface area contributed by atoms with E-state index in [-0.39, 0.29) is 10.8 Å². The largest absolute Gasteiger partial charge is 0.245 e. The molecular formula is C19H15ClFNS. The fourth-order valence-electron chi connectivity index (χ4n) is 3.01. The smallest absolute Gasteiger partial charge is 0.142 e. The molecule has 1 aliphatic rings. The first-order chi connectivity index (χ1) is 11.2. The first-order valence-electron chi connectivity index (χ1n) is 7.71. The molecule has 23 heavy (non-hydrogen) atoms. The number of halogens is 2. The Bertz CT molecular complexity index is 895. The molecule has 0 bridgehead atoms. The van der Waals surface area contributed by atoms with Gasteiger partial charge in [-0.25, -0.2) is 9.37 Å². The third kappa shape index (κ3) is 2.79. The van der Waals surface area contributed by atoms with Crippen LogP contribution >= 0.6 is 22.9 Å². The van der Waals surface area contributed by atoms with Gasteiger partial charge in [0.05, 0.1) is 20.7 Å². The summed E-state index contributed by atoms with van der Waals surface area (Å²) in [7, 11) is 0. The normalized spacial score (nSPS) is 15.8. The Morgan fingerprint density at radius 2 is 2.13 bits per heavy atom. The average molecular weight is 344 g/mol. The summed E-state index contributed by atoms with van der Waals surface area (Å²) in [6.07, 6.45) is 5.64. The van der Waals surface area contributed by atoms with Crippen LogP contribution in [-0.4, -0.2) is 4.98 Å². The second kappa shape index (κ2) is 6.06. The lowest BCUT2D eigenvalue weighted by atomic mass is 9.76. The van der Waals surface area contributed by atoms with E-state index in [0.29, 0.717) is 5.92 Å². The van der Waals surface area contributed by atoms with Crippen molar-refractivity contribution in [3.63, 3.8) is 0 Å². The Morgan fingerprint density at radius 3 is 2.91 bits per heavy atom. The lowest BCUT2D eigenvalue weighted by Gasteiger charge is -2.29. The quantitative estimate of drug-likeness (QED) is 0.499. The van der Waals surface area contributed by atoms with E-state index in [4.69, 9.17) is 11.6 Å². The molecule has 0 atom stereocenters. The van der Waals surface area contributed by atoms with Crippen molar-refractivity contribution in [3.8, 4) is 0 Å². The molecule has 1 nitrogen and oxygen atoms in total. The van der Waals surface area contributed by atoms with Gasteiger partial charge in [-0.05, 0) is 53.7 Å². The number of hydrogen-bond donors (Lipinski definition) is 0. The van der Waals surface area contributed by atoms with Gasteiger partial charge in [0, 0.05) is 0 Å². The molecule has 3 aromatic rings. The molecule has 0 spiro atoms.